The molecule has 406 valence electrons. The lowest BCUT2D eigenvalue weighted by atomic mass is 9.81. The Bertz CT molecular complexity index is 3040. The molecule has 1 saturated heterocycles. The molecule has 0 bridgehead atoms. The monoisotopic (exact) mass is 1060 g/mol. The maximum Gasteiger partial charge on any atom is 0.407 e. The topological polar surface area (TPSA) is 316 Å². The largest absolute Gasteiger partial charge is 0.461 e. The van der Waals surface area contributed by atoms with E-state index in [1.807, 2.05) is 6.08 Å². The first kappa shape index (κ1) is 53.9. The number of alkyl carbamates (subject to hydrolysis) is 1. The first-order valence-electron chi connectivity index (χ1n) is 25.5. The van der Waals surface area contributed by atoms with Gasteiger partial charge < -0.3 is 75.1 Å². The molecule has 1 unspecified atom stereocenters. The standard InChI is InChI=1S/C53H61FN6O16/c1-3-53(71)33-18-37-44-31(21-60(37)49(68)32(33)24-73-51(53)69)43-35(13-12-29-26(2)34(54)19-36(59-44)42(29)43)58-40(62)20-57-52(70)74-23-27-11-14-38(75-50-47(66)46(65)45(64)39(22-61)76-50)30(17-27)48(67)56-16-15-55-41(63)25-72-28-9-7-5-4-6-8-10-28/h7,9,11,14,17-19,28,35,39,45-47,50,61,64-66,71H,3-6,8,10,12-13,15-16,20-25H2,1-2H3,(H,55,63)(H,56,67)(H,57,70)(H,58,62)/b9-7-/t28?,35-,39+,45+,46-,47+,50+,53-/m0/s1. The van der Waals surface area contributed by atoms with Crippen LogP contribution in [-0.2, 0) is 65.1 Å². The number of halogens is 1. The predicted molar refractivity (Wildman–Crippen MR) is 265 cm³/mol. The lowest BCUT2D eigenvalue weighted by Gasteiger charge is -2.39. The highest BCUT2D eigenvalue weighted by Gasteiger charge is 2.47. The number of aromatic nitrogens is 2. The van der Waals surface area contributed by atoms with Crippen molar-refractivity contribution in [3.05, 3.63) is 103 Å². The molecule has 2 aromatic heterocycles. The molecule has 23 heteroatoms. The molecular weight excluding hydrogens is 996 g/mol. The number of carbonyl (C=O) groups excluding carboxylic acids is 5. The molecule has 9 rings (SSSR count). The van der Waals surface area contributed by atoms with Crippen LogP contribution in [0, 0.1) is 12.7 Å². The Hall–Kier alpha value is -6.86. The van der Waals surface area contributed by atoms with Crippen molar-refractivity contribution in [2.45, 2.75) is 133 Å². The molecule has 5 aliphatic rings. The average molecular weight is 1060 g/mol. The highest BCUT2D eigenvalue weighted by molar-refractivity contribution is 5.97. The van der Waals surface area contributed by atoms with Gasteiger partial charge in [0, 0.05) is 35.7 Å². The van der Waals surface area contributed by atoms with E-state index in [2.05, 4.69) is 27.3 Å². The number of nitrogens with one attached hydrogen (secondary N) is 4. The second-order valence-electron chi connectivity index (χ2n) is 19.6. The van der Waals surface area contributed by atoms with Crippen LogP contribution in [-0.4, -0.2) is 135 Å². The molecule has 4 aromatic rings. The first-order chi connectivity index (χ1) is 36.5. The number of aliphatic hydroxyl groups excluding tert-OH is 4. The van der Waals surface area contributed by atoms with E-state index < -0.39 is 97.4 Å². The van der Waals surface area contributed by atoms with Gasteiger partial charge in [-0.25, -0.2) is 19.0 Å². The SMILES string of the molecule is CC[C@@]1(O)C(=O)OCc2c1cc1n(c2=O)Cc2c-1nc1cc(F)c(C)c3c1c2[C@@H](NC(=O)CNC(=O)OCc1ccc(O[C@@H]2O[C@H](CO)[C@@H](O)[C@H](O)[C@H]2O)c(C(=O)NCCNC(=O)COC2/C=C\CCCCC2)c1)CC3. The lowest BCUT2D eigenvalue weighted by molar-refractivity contribution is -0.277. The Balaban J connectivity index is 0.861. The molecule has 76 heavy (non-hydrogen) atoms. The van der Waals surface area contributed by atoms with Gasteiger partial charge in [0.05, 0.1) is 53.3 Å². The van der Waals surface area contributed by atoms with Crippen LogP contribution in [0.4, 0.5) is 9.18 Å². The molecular formula is C53H61FN6O16. The number of fused-ring (bicyclic) bond motifs is 5. The Morgan fingerprint density at radius 3 is 2.54 bits per heavy atom. The number of allylic oxidation sites excluding steroid dienone is 1. The van der Waals surface area contributed by atoms with Gasteiger partial charge in [0.15, 0.2) is 5.60 Å². The highest BCUT2D eigenvalue weighted by atomic mass is 19.1. The molecule has 2 aliphatic carbocycles. The average Bonchev–Trinajstić information content (AvgIpc) is 3.80. The van der Waals surface area contributed by atoms with E-state index in [0.717, 1.165) is 32.1 Å². The Kier molecular flexibility index (Phi) is 16.2. The summed E-state index contributed by atoms with van der Waals surface area (Å²) < 4.78 is 44.6. The number of amides is 4. The fourth-order valence-electron chi connectivity index (χ4n) is 10.5. The summed E-state index contributed by atoms with van der Waals surface area (Å²) in [4.78, 5) is 84.6. The van der Waals surface area contributed by atoms with Gasteiger partial charge in [-0.15, -0.1) is 0 Å². The minimum Gasteiger partial charge on any atom is -0.461 e. The van der Waals surface area contributed by atoms with Crippen LogP contribution in [0.3, 0.4) is 0 Å². The molecule has 0 saturated carbocycles. The van der Waals surface area contributed by atoms with E-state index in [-0.39, 0.29) is 84.8 Å². The third-order valence-electron chi connectivity index (χ3n) is 14.7. The van der Waals surface area contributed by atoms with Crippen LogP contribution < -0.4 is 31.6 Å². The van der Waals surface area contributed by atoms with Crippen LogP contribution in [0.15, 0.2) is 47.3 Å². The fourth-order valence-corrected chi connectivity index (χ4v) is 10.5. The zero-order chi connectivity index (χ0) is 54.0. The fraction of sp³-hybridized carbons (Fsp3) is 0.491. The normalized spacial score (nSPS) is 24.9. The summed E-state index contributed by atoms with van der Waals surface area (Å²) in [6, 6.07) is 6.24. The predicted octanol–water partition coefficient (Wildman–Crippen LogP) is 1.49. The minimum absolute atomic E-state index is 0.0251. The van der Waals surface area contributed by atoms with Crippen molar-refractivity contribution in [2.75, 3.05) is 32.8 Å². The summed E-state index contributed by atoms with van der Waals surface area (Å²) in [6.07, 6.45) is 0.243. The zero-order valence-corrected chi connectivity index (χ0v) is 41.9. The van der Waals surface area contributed by atoms with Crippen LogP contribution in [0.5, 0.6) is 5.75 Å². The summed E-state index contributed by atoms with van der Waals surface area (Å²) in [5, 5.41) is 63.8. The van der Waals surface area contributed by atoms with Gasteiger partial charge in [-0.05, 0) is 85.9 Å². The molecule has 3 aliphatic heterocycles. The van der Waals surface area contributed by atoms with Crippen molar-refractivity contribution in [1.29, 1.82) is 0 Å². The van der Waals surface area contributed by atoms with Crippen LogP contribution >= 0.6 is 0 Å². The minimum atomic E-state index is -2.07. The molecule has 9 N–H and O–H groups in total. The van der Waals surface area contributed by atoms with Gasteiger partial charge >= 0.3 is 12.1 Å². The molecule has 5 heterocycles. The smallest absolute Gasteiger partial charge is 0.407 e. The van der Waals surface area contributed by atoms with Crippen molar-refractivity contribution in [2.24, 2.45) is 0 Å². The van der Waals surface area contributed by atoms with Crippen LogP contribution in [0.1, 0.15) is 107 Å². The van der Waals surface area contributed by atoms with Crippen molar-refractivity contribution >= 4 is 40.7 Å². The molecule has 0 spiro atoms. The number of aliphatic hydroxyl groups is 5. The molecule has 4 amide bonds. The number of nitrogens with zero attached hydrogens (tertiary/aromatic N) is 2. The summed E-state index contributed by atoms with van der Waals surface area (Å²) in [7, 11) is 0. The number of ether oxygens (including phenoxy) is 5. The van der Waals surface area contributed by atoms with Gasteiger partial charge in [0.2, 0.25) is 18.1 Å². The summed E-state index contributed by atoms with van der Waals surface area (Å²) in [5.74, 6) is -3.24. The third-order valence-corrected chi connectivity index (χ3v) is 14.7. The Morgan fingerprint density at radius 1 is 0.947 bits per heavy atom. The first-order valence-corrected chi connectivity index (χ1v) is 25.5. The quantitative estimate of drug-likeness (QED) is 0.0384. The maximum absolute atomic E-state index is 15.4. The van der Waals surface area contributed by atoms with Crippen LogP contribution in [0.25, 0.3) is 22.3 Å². The van der Waals surface area contributed by atoms with Crippen molar-refractivity contribution in [3.8, 4) is 17.1 Å². The molecule has 8 atom stereocenters. The van der Waals surface area contributed by atoms with E-state index in [1.54, 1.807) is 19.9 Å². The molecule has 22 nitrogen and oxygen atoms in total. The second-order valence-corrected chi connectivity index (χ2v) is 19.6. The number of aryl methyl sites for hydroxylation is 1. The number of hydrogen-bond donors (Lipinski definition) is 9. The lowest BCUT2D eigenvalue weighted by Crippen LogP contribution is -2.60. The number of benzene rings is 2. The van der Waals surface area contributed by atoms with Gasteiger partial charge in [0.25, 0.3) is 11.5 Å². The number of carbonyl (C=O) groups is 5. The summed E-state index contributed by atoms with van der Waals surface area (Å²) >= 11 is 0. The number of hydrogen-bond acceptors (Lipinski definition) is 17. The Labute approximate surface area is 434 Å². The van der Waals surface area contributed by atoms with Gasteiger partial charge in [0.1, 0.15) is 62.3 Å². The Morgan fingerprint density at radius 2 is 1.75 bits per heavy atom. The summed E-state index contributed by atoms with van der Waals surface area (Å²) in [5.41, 5.74) is 1.05. The number of cyclic esters (lactones) is 1. The second kappa shape index (κ2) is 22.8. The van der Waals surface area contributed by atoms with Crippen LogP contribution in [0.2, 0.25) is 0 Å². The number of esters is 1. The van der Waals surface area contributed by atoms with E-state index in [1.165, 1.54) is 28.8 Å². The van der Waals surface area contributed by atoms with Crippen molar-refractivity contribution < 1.29 is 77.6 Å². The van der Waals surface area contributed by atoms with E-state index in [0.29, 0.717) is 51.9 Å². The van der Waals surface area contributed by atoms with E-state index in [4.69, 9.17) is 28.7 Å². The molecule has 2 aromatic carbocycles. The summed E-state index contributed by atoms with van der Waals surface area (Å²) in [6.45, 7) is 1.06. The maximum atomic E-state index is 15.4. The van der Waals surface area contributed by atoms with E-state index in [9.17, 15) is 54.3 Å². The van der Waals surface area contributed by atoms with E-state index >= 15 is 4.39 Å². The number of pyridine rings is 2. The third kappa shape index (κ3) is 10.8. The molecule has 1 fully saturated rings. The number of rotatable bonds is 16. The molecule has 0 radical (unpaired) electrons. The highest BCUT2D eigenvalue weighted by Crippen LogP contribution is 2.46. The zero-order valence-electron chi connectivity index (χ0n) is 41.9. The van der Waals surface area contributed by atoms with Gasteiger partial charge in [-0.1, -0.05) is 38.0 Å². The van der Waals surface area contributed by atoms with Gasteiger partial charge in [-0.3, -0.25) is 19.2 Å². The van der Waals surface area contributed by atoms with Crippen molar-refractivity contribution in [3.63, 3.8) is 0 Å². The van der Waals surface area contributed by atoms with Gasteiger partial charge in [-0.2, -0.15) is 0 Å². The van der Waals surface area contributed by atoms with Crippen molar-refractivity contribution in [1.82, 2.24) is 30.8 Å².